The number of carbonyl (C=O) groups excluding carboxylic acids is 1. The van der Waals surface area contributed by atoms with E-state index in [1.54, 1.807) is 22.9 Å². The average Bonchev–Trinajstić information content (AvgIpc) is 3.04. The summed E-state index contributed by atoms with van der Waals surface area (Å²) >= 11 is 0. The summed E-state index contributed by atoms with van der Waals surface area (Å²) in [5, 5.41) is 8.31. The van der Waals surface area contributed by atoms with E-state index in [1.807, 2.05) is 6.92 Å². The van der Waals surface area contributed by atoms with E-state index in [4.69, 9.17) is 0 Å². The summed E-state index contributed by atoms with van der Waals surface area (Å²) in [4.78, 5) is 17.0. The van der Waals surface area contributed by atoms with Crippen LogP contribution in [0.1, 0.15) is 41.7 Å². The lowest BCUT2D eigenvalue weighted by Gasteiger charge is -2.28. The van der Waals surface area contributed by atoms with Crippen LogP contribution in [0.3, 0.4) is 0 Å². The van der Waals surface area contributed by atoms with Crippen molar-refractivity contribution in [2.24, 2.45) is 5.92 Å². The maximum Gasteiger partial charge on any atom is 0.253 e. The van der Waals surface area contributed by atoms with Crippen LogP contribution >= 0.6 is 0 Å². The minimum atomic E-state index is -2.97. The Morgan fingerprint density at radius 1 is 1.19 bits per heavy atom. The Morgan fingerprint density at radius 3 is 2.58 bits per heavy atom. The molecule has 1 amide bonds. The van der Waals surface area contributed by atoms with Gasteiger partial charge in [-0.3, -0.25) is 4.79 Å². The molecule has 1 fully saturated rings. The molecule has 0 spiro atoms. The minimum Gasteiger partial charge on any atom is -0.349 e. The highest BCUT2D eigenvalue weighted by molar-refractivity contribution is 7.90. The molecule has 0 radical (unpaired) electrons. The first-order valence-corrected chi connectivity index (χ1v) is 12.4. The second-order valence-electron chi connectivity index (χ2n) is 8.35. The van der Waals surface area contributed by atoms with Gasteiger partial charge in [0.2, 0.25) is 0 Å². The van der Waals surface area contributed by atoms with Crippen molar-refractivity contribution in [3.63, 3.8) is 0 Å². The van der Waals surface area contributed by atoms with Crippen molar-refractivity contribution in [2.45, 2.75) is 38.6 Å². The van der Waals surface area contributed by atoms with E-state index in [0.717, 1.165) is 36.8 Å². The molecule has 1 aliphatic carbocycles. The number of sulfone groups is 1. The number of aryl methyl sites for hydroxylation is 1. The molecule has 3 aromatic rings. The summed E-state index contributed by atoms with van der Waals surface area (Å²) in [6, 6.07) is 7.90. The van der Waals surface area contributed by atoms with Crippen molar-refractivity contribution in [3.05, 3.63) is 53.6 Å². The fourth-order valence-electron chi connectivity index (χ4n) is 4.23. The molecule has 2 aromatic heterocycles. The van der Waals surface area contributed by atoms with Crippen molar-refractivity contribution in [1.29, 1.82) is 0 Å². The van der Waals surface area contributed by atoms with Crippen molar-refractivity contribution < 1.29 is 17.6 Å². The molecule has 0 aliphatic heterocycles. The van der Waals surface area contributed by atoms with Gasteiger partial charge in [0, 0.05) is 29.9 Å². The maximum absolute atomic E-state index is 13.7. The minimum absolute atomic E-state index is 0.0312. The Kier molecular flexibility index (Phi) is 5.79. The molecule has 164 valence electrons. The smallest absolute Gasteiger partial charge is 0.253 e. The Bertz CT molecular complexity index is 1210. The number of nitrogens with one attached hydrogen (secondary N) is 1. The third-order valence-corrected chi connectivity index (χ3v) is 6.85. The molecule has 31 heavy (non-hydrogen) atoms. The molecule has 4 rings (SSSR count). The van der Waals surface area contributed by atoms with Crippen molar-refractivity contribution in [3.8, 4) is 5.82 Å². The second kappa shape index (κ2) is 8.37. The van der Waals surface area contributed by atoms with E-state index in [9.17, 15) is 17.6 Å². The van der Waals surface area contributed by atoms with Gasteiger partial charge in [-0.1, -0.05) is 0 Å². The highest BCUT2D eigenvalue weighted by atomic mass is 32.2. The molecule has 1 saturated carbocycles. The number of pyridine rings is 1. The standard InChI is InChI=1S/C22H25FN4O3S/c1-14-19-9-6-17(23)11-20(19)27(26-14)21-10-5-16(12-24-21)22(28)25-18-7-3-15(4-8-18)13-31(2,29)30/h5-6,9-12,15,18H,3-4,7-8,13H2,1-2H3,(H,25,28). The number of hydrogen-bond donors (Lipinski definition) is 1. The van der Waals surface area contributed by atoms with E-state index in [2.05, 4.69) is 15.4 Å². The van der Waals surface area contributed by atoms with Crippen LogP contribution in [-0.2, 0) is 9.84 Å². The van der Waals surface area contributed by atoms with E-state index in [-0.39, 0.29) is 29.4 Å². The topological polar surface area (TPSA) is 94.0 Å². The SMILES string of the molecule is Cc1nn(-c2ccc(C(=O)NC3CCC(CS(C)(=O)=O)CC3)cn2)c2cc(F)ccc12. The van der Waals surface area contributed by atoms with Crippen LogP contribution in [0, 0.1) is 18.7 Å². The molecule has 1 aliphatic rings. The fourth-order valence-corrected chi connectivity index (χ4v) is 5.42. The van der Waals surface area contributed by atoms with Gasteiger partial charge in [0.05, 0.1) is 22.5 Å². The van der Waals surface area contributed by atoms with Crippen LogP contribution in [0.25, 0.3) is 16.7 Å². The van der Waals surface area contributed by atoms with Gasteiger partial charge in [-0.05, 0) is 62.8 Å². The van der Waals surface area contributed by atoms with Crippen molar-refractivity contribution >= 4 is 26.6 Å². The Hall–Kier alpha value is -2.81. The molecule has 1 N–H and O–H groups in total. The van der Waals surface area contributed by atoms with Crippen LogP contribution in [0.2, 0.25) is 0 Å². The summed E-state index contributed by atoms with van der Waals surface area (Å²) in [5.74, 6) is 0.321. The average molecular weight is 445 g/mol. The lowest BCUT2D eigenvalue weighted by atomic mass is 9.87. The zero-order valence-corrected chi connectivity index (χ0v) is 18.3. The highest BCUT2D eigenvalue weighted by Gasteiger charge is 2.25. The Morgan fingerprint density at radius 2 is 1.94 bits per heavy atom. The van der Waals surface area contributed by atoms with Gasteiger partial charge in [0.1, 0.15) is 15.7 Å². The zero-order valence-electron chi connectivity index (χ0n) is 17.5. The lowest BCUT2D eigenvalue weighted by molar-refractivity contribution is 0.0922. The largest absolute Gasteiger partial charge is 0.349 e. The lowest BCUT2D eigenvalue weighted by Crippen LogP contribution is -2.38. The van der Waals surface area contributed by atoms with Crippen LogP contribution in [0.15, 0.2) is 36.5 Å². The first kappa shape index (κ1) is 21.4. The van der Waals surface area contributed by atoms with Gasteiger partial charge in [-0.2, -0.15) is 5.10 Å². The van der Waals surface area contributed by atoms with Gasteiger partial charge in [-0.25, -0.2) is 22.5 Å². The predicted molar refractivity (Wildman–Crippen MR) is 116 cm³/mol. The summed E-state index contributed by atoms with van der Waals surface area (Å²) in [7, 11) is -2.97. The third-order valence-electron chi connectivity index (χ3n) is 5.78. The molecule has 0 saturated heterocycles. The van der Waals surface area contributed by atoms with Gasteiger partial charge in [0.15, 0.2) is 5.82 Å². The Labute approximate surface area is 180 Å². The summed E-state index contributed by atoms with van der Waals surface area (Å²) in [5.41, 5.74) is 1.82. The van der Waals surface area contributed by atoms with Gasteiger partial charge < -0.3 is 5.32 Å². The van der Waals surface area contributed by atoms with Crippen LogP contribution in [0.5, 0.6) is 0 Å². The van der Waals surface area contributed by atoms with Gasteiger partial charge in [0.25, 0.3) is 5.91 Å². The van der Waals surface area contributed by atoms with E-state index in [0.29, 0.717) is 16.9 Å². The van der Waals surface area contributed by atoms with Crippen LogP contribution in [0.4, 0.5) is 4.39 Å². The number of amides is 1. The number of fused-ring (bicyclic) bond motifs is 1. The number of nitrogens with zero attached hydrogens (tertiary/aromatic N) is 3. The summed E-state index contributed by atoms with van der Waals surface area (Å²) in [6.07, 6.45) is 5.86. The van der Waals surface area contributed by atoms with Crippen molar-refractivity contribution in [2.75, 3.05) is 12.0 Å². The van der Waals surface area contributed by atoms with Gasteiger partial charge >= 0.3 is 0 Å². The molecule has 0 unspecified atom stereocenters. The normalized spacial score (nSPS) is 19.5. The number of aromatic nitrogens is 3. The predicted octanol–water partition coefficient (Wildman–Crippen LogP) is 3.20. The number of halogens is 1. The molecule has 0 atom stereocenters. The highest BCUT2D eigenvalue weighted by Crippen LogP contribution is 2.26. The van der Waals surface area contributed by atoms with E-state index < -0.39 is 9.84 Å². The van der Waals surface area contributed by atoms with E-state index >= 15 is 0 Å². The van der Waals surface area contributed by atoms with Crippen LogP contribution < -0.4 is 5.32 Å². The van der Waals surface area contributed by atoms with Crippen LogP contribution in [-0.4, -0.2) is 47.1 Å². The summed E-state index contributed by atoms with van der Waals surface area (Å²) < 4.78 is 38.2. The zero-order chi connectivity index (χ0) is 22.2. The maximum atomic E-state index is 13.7. The van der Waals surface area contributed by atoms with E-state index in [1.165, 1.54) is 24.6 Å². The summed E-state index contributed by atoms with van der Waals surface area (Å²) in [6.45, 7) is 1.85. The quantitative estimate of drug-likeness (QED) is 0.652. The molecule has 1 aromatic carbocycles. The molecular weight excluding hydrogens is 419 g/mol. The van der Waals surface area contributed by atoms with Gasteiger partial charge in [-0.15, -0.1) is 0 Å². The molecule has 0 bridgehead atoms. The number of hydrogen-bond acceptors (Lipinski definition) is 5. The molecule has 9 heteroatoms. The monoisotopic (exact) mass is 444 g/mol. The third kappa shape index (κ3) is 4.92. The fraction of sp³-hybridized carbons (Fsp3) is 0.409. The first-order valence-electron chi connectivity index (χ1n) is 10.3. The molecular formula is C22H25FN4O3S. The number of rotatable bonds is 5. The van der Waals surface area contributed by atoms with Crippen molar-refractivity contribution in [1.82, 2.24) is 20.1 Å². The molecule has 7 nitrogen and oxygen atoms in total. The second-order valence-corrected chi connectivity index (χ2v) is 10.5. The first-order chi connectivity index (χ1) is 14.7. The molecule has 2 heterocycles. The number of carbonyl (C=O) groups is 1. The number of benzene rings is 1. The Balaban J connectivity index is 1.42.